The molecular weight excluding hydrogens is 833 g/mol. The summed E-state index contributed by atoms with van der Waals surface area (Å²) in [6.45, 7) is 9.50. The lowest BCUT2D eigenvalue weighted by atomic mass is 9.65. The van der Waals surface area contributed by atoms with Crippen molar-refractivity contribution >= 4 is 38.9 Å². The van der Waals surface area contributed by atoms with Gasteiger partial charge in [0.15, 0.2) is 0 Å². The predicted octanol–water partition coefficient (Wildman–Crippen LogP) is 17.2. The van der Waals surface area contributed by atoms with Gasteiger partial charge in [-0.05, 0) is 138 Å². The van der Waals surface area contributed by atoms with E-state index in [1.807, 2.05) is 0 Å². The molecule has 0 bridgehead atoms. The molecular formula is C67H48N2. The van der Waals surface area contributed by atoms with Crippen LogP contribution in [0.1, 0.15) is 72.2 Å². The molecule has 2 nitrogen and oxygen atoms in total. The van der Waals surface area contributed by atoms with Gasteiger partial charge in [0, 0.05) is 38.7 Å². The summed E-state index contributed by atoms with van der Waals surface area (Å²) in [5.41, 5.74) is 27.7. The summed E-state index contributed by atoms with van der Waals surface area (Å²) in [7, 11) is 0. The van der Waals surface area contributed by atoms with Gasteiger partial charge in [-0.2, -0.15) is 0 Å². The third-order valence-corrected chi connectivity index (χ3v) is 16.8. The molecule has 0 atom stereocenters. The van der Waals surface area contributed by atoms with Crippen LogP contribution in [0.4, 0.5) is 17.1 Å². The molecule has 15 rings (SSSR count). The predicted molar refractivity (Wildman–Crippen MR) is 287 cm³/mol. The van der Waals surface area contributed by atoms with Gasteiger partial charge in [0.2, 0.25) is 0 Å². The zero-order chi connectivity index (χ0) is 46.0. The average molecular weight is 881 g/mol. The third kappa shape index (κ3) is 4.91. The average Bonchev–Trinajstić information content (AvgIpc) is 4.04. The Kier molecular flexibility index (Phi) is 7.60. The number of hydrogen-bond donors (Lipinski definition) is 0. The van der Waals surface area contributed by atoms with Crippen LogP contribution in [0, 0.1) is 0 Å². The molecule has 69 heavy (non-hydrogen) atoms. The SMILES string of the molecule is CC1(C)c2ccccc2-c2ccc(N(c3ccc(-c4ccc5c(c4)-n4c6ccccc6c6cccc(c64)C54c5ccccc5-c5ccccc54)cc3)c3ccc4c(c3)C(C)(C)c3ccccc3-4)cc21. The minimum Gasteiger partial charge on any atom is -0.310 e. The van der Waals surface area contributed by atoms with E-state index in [0.29, 0.717) is 0 Å². The van der Waals surface area contributed by atoms with Crippen LogP contribution in [-0.2, 0) is 16.2 Å². The molecule has 2 heterocycles. The molecule has 2 heteroatoms. The van der Waals surface area contributed by atoms with Gasteiger partial charge in [0.1, 0.15) is 0 Å². The van der Waals surface area contributed by atoms with Gasteiger partial charge in [-0.15, -0.1) is 0 Å². The van der Waals surface area contributed by atoms with Gasteiger partial charge >= 0.3 is 0 Å². The molecule has 1 spiro atoms. The van der Waals surface area contributed by atoms with Gasteiger partial charge < -0.3 is 9.47 Å². The van der Waals surface area contributed by atoms with E-state index in [1.54, 1.807) is 0 Å². The fourth-order valence-corrected chi connectivity index (χ4v) is 13.7. The molecule has 326 valence electrons. The Hall–Kier alpha value is -8.20. The topological polar surface area (TPSA) is 8.17 Å². The molecule has 10 aromatic carbocycles. The van der Waals surface area contributed by atoms with Crippen molar-refractivity contribution in [2.45, 2.75) is 43.9 Å². The van der Waals surface area contributed by atoms with Crippen LogP contribution in [0.25, 0.3) is 72.0 Å². The molecule has 11 aromatic rings. The first kappa shape index (κ1) is 38.9. The number of para-hydroxylation sites is 2. The maximum absolute atomic E-state index is 2.56. The normalized spacial score (nSPS) is 15.3. The highest BCUT2D eigenvalue weighted by Crippen LogP contribution is 2.61. The van der Waals surface area contributed by atoms with E-state index >= 15 is 0 Å². The van der Waals surface area contributed by atoms with Gasteiger partial charge in [-0.1, -0.05) is 198 Å². The summed E-state index contributed by atoms with van der Waals surface area (Å²) >= 11 is 0. The van der Waals surface area contributed by atoms with Gasteiger partial charge in [-0.3, -0.25) is 0 Å². The Bertz CT molecular complexity index is 3870. The van der Waals surface area contributed by atoms with E-state index < -0.39 is 5.41 Å². The second kappa shape index (κ2) is 13.5. The zero-order valence-corrected chi connectivity index (χ0v) is 39.2. The molecule has 1 aromatic heterocycles. The van der Waals surface area contributed by atoms with Gasteiger partial charge in [0.05, 0.1) is 22.1 Å². The van der Waals surface area contributed by atoms with Crippen LogP contribution >= 0.6 is 0 Å². The van der Waals surface area contributed by atoms with Gasteiger partial charge in [-0.25, -0.2) is 0 Å². The van der Waals surface area contributed by atoms with E-state index in [4.69, 9.17) is 0 Å². The number of anilines is 3. The van der Waals surface area contributed by atoms with Crippen LogP contribution in [0.5, 0.6) is 0 Å². The Morgan fingerprint density at radius 1 is 0.319 bits per heavy atom. The molecule has 0 N–H and O–H groups in total. The first-order chi connectivity index (χ1) is 33.7. The number of fused-ring (bicyclic) bond motifs is 18. The van der Waals surface area contributed by atoms with Crippen LogP contribution in [0.3, 0.4) is 0 Å². The summed E-state index contributed by atoms with van der Waals surface area (Å²) in [5.74, 6) is 0. The van der Waals surface area contributed by atoms with Crippen LogP contribution in [0.15, 0.2) is 218 Å². The largest absolute Gasteiger partial charge is 0.310 e. The van der Waals surface area contributed by atoms with Crippen molar-refractivity contribution in [1.82, 2.24) is 4.57 Å². The van der Waals surface area contributed by atoms with Crippen molar-refractivity contribution < 1.29 is 0 Å². The minimum absolute atomic E-state index is 0.121. The number of benzene rings is 10. The number of nitrogens with zero attached hydrogens (tertiary/aromatic N) is 2. The van der Waals surface area contributed by atoms with E-state index in [2.05, 4.69) is 256 Å². The van der Waals surface area contributed by atoms with Crippen molar-refractivity contribution in [2.75, 3.05) is 4.90 Å². The lowest BCUT2D eigenvalue weighted by Gasteiger charge is -2.39. The van der Waals surface area contributed by atoms with Crippen LogP contribution < -0.4 is 4.90 Å². The van der Waals surface area contributed by atoms with Crippen molar-refractivity contribution in [3.8, 4) is 50.2 Å². The van der Waals surface area contributed by atoms with Crippen molar-refractivity contribution in [3.63, 3.8) is 0 Å². The van der Waals surface area contributed by atoms with E-state index in [1.165, 1.54) is 117 Å². The van der Waals surface area contributed by atoms with Crippen LogP contribution in [0.2, 0.25) is 0 Å². The highest BCUT2D eigenvalue weighted by molar-refractivity contribution is 6.13. The van der Waals surface area contributed by atoms with Gasteiger partial charge in [0.25, 0.3) is 0 Å². The number of hydrogen-bond acceptors (Lipinski definition) is 1. The Morgan fingerprint density at radius 2 is 0.768 bits per heavy atom. The Balaban J connectivity index is 0.912. The lowest BCUT2D eigenvalue weighted by Crippen LogP contribution is -2.33. The highest BCUT2D eigenvalue weighted by atomic mass is 15.1. The second-order valence-electron chi connectivity index (χ2n) is 20.8. The molecule has 1 aliphatic heterocycles. The summed E-state index contributed by atoms with van der Waals surface area (Å²) in [6.07, 6.45) is 0. The quantitative estimate of drug-likeness (QED) is 0.171. The molecule has 0 unspecified atom stereocenters. The van der Waals surface area contributed by atoms with Crippen LogP contribution in [-0.4, -0.2) is 4.57 Å². The minimum atomic E-state index is -0.465. The summed E-state index contributed by atoms with van der Waals surface area (Å²) < 4.78 is 2.56. The summed E-state index contributed by atoms with van der Waals surface area (Å²) in [4.78, 5) is 2.48. The Morgan fingerprint density at radius 3 is 1.36 bits per heavy atom. The molecule has 0 saturated heterocycles. The zero-order valence-electron chi connectivity index (χ0n) is 39.2. The molecule has 0 amide bonds. The van der Waals surface area contributed by atoms with E-state index in [9.17, 15) is 0 Å². The molecule has 0 fully saturated rings. The Labute approximate surface area is 403 Å². The standard InChI is InChI=1S/C67H48N2/c1-65(2)54-22-10-5-16-46(54)50-35-33-44(39-60(50)65)68(45-34-36-51-47-17-6-11-23-55(47)66(3,4)61(51)40-45)43-31-28-41(29-32-43)42-30-37-58-63(38-42)69-62-27-14-9-20-52(62)53-21-15-26-59(64(53)69)67(58)56-24-12-7-18-48(56)49-19-8-13-25-57(49)67/h5-40H,1-4H3. The third-order valence-electron chi connectivity index (χ3n) is 16.8. The van der Waals surface area contributed by atoms with E-state index in [0.717, 1.165) is 17.1 Å². The monoisotopic (exact) mass is 880 g/mol. The van der Waals surface area contributed by atoms with E-state index in [-0.39, 0.29) is 10.8 Å². The second-order valence-corrected chi connectivity index (χ2v) is 20.8. The maximum atomic E-state index is 2.56. The fourth-order valence-electron chi connectivity index (χ4n) is 13.7. The molecule has 0 radical (unpaired) electrons. The van der Waals surface area contributed by atoms with Crippen molar-refractivity contribution in [3.05, 3.63) is 263 Å². The number of aromatic nitrogens is 1. The molecule has 3 aliphatic carbocycles. The molecule has 4 aliphatic rings. The highest BCUT2D eigenvalue weighted by Gasteiger charge is 2.51. The smallest absolute Gasteiger partial charge is 0.0754 e. The first-order valence-electron chi connectivity index (χ1n) is 24.5. The fraction of sp³-hybridized carbons (Fsp3) is 0.104. The lowest BCUT2D eigenvalue weighted by molar-refractivity contribution is 0.660. The maximum Gasteiger partial charge on any atom is 0.0754 e. The summed E-state index contributed by atoms with van der Waals surface area (Å²) in [6, 6.07) is 82.9. The number of rotatable bonds is 4. The molecule has 0 saturated carbocycles. The summed E-state index contributed by atoms with van der Waals surface area (Å²) in [5, 5.41) is 2.58. The van der Waals surface area contributed by atoms with Crippen molar-refractivity contribution in [2.24, 2.45) is 0 Å². The first-order valence-corrected chi connectivity index (χ1v) is 24.5. The van der Waals surface area contributed by atoms with Crippen molar-refractivity contribution in [1.29, 1.82) is 0 Å².